The van der Waals surface area contributed by atoms with E-state index in [0.29, 0.717) is 5.92 Å². The van der Waals surface area contributed by atoms with Crippen LogP contribution < -0.4 is 10.2 Å². The molecule has 0 aromatic heterocycles. The number of anilines is 1. The van der Waals surface area contributed by atoms with Gasteiger partial charge in [-0.25, -0.2) is 0 Å². The molecule has 0 saturated carbocycles. The van der Waals surface area contributed by atoms with Crippen molar-refractivity contribution in [2.45, 2.75) is 45.6 Å². The van der Waals surface area contributed by atoms with Crippen LogP contribution in [-0.2, 0) is 9.59 Å². The fraction of sp³-hybridized carbons (Fsp3) is 0.409. The van der Waals surface area contributed by atoms with E-state index in [0.717, 1.165) is 18.5 Å². The first-order valence-corrected chi connectivity index (χ1v) is 10.0. The van der Waals surface area contributed by atoms with E-state index in [9.17, 15) is 9.59 Å². The topological polar surface area (TPSA) is 52.7 Å². The highest BCUT2D eigenvalue weighted by atomic mass is 32.1. The molecule has 5 nitrogen and oxygen atoms in total. The average Bonchev–Trinajstić information content (AvgIpc) is 2.62. The van der Waals surface area contributed by atoms with E-state index in [1.54, 1.807) is 12.2 Å². The summed E-state index contributed by atoms with van der Waals surface area (Å²) in [5.74, 6) is -0.458. The predicted molar refractivity (Wildman–Crippen MR) is 117 cm³/mol. The maximum atomic E-state index is 12.7. The van der Waals surface area contributed by atoms with Crippen molar-refractivity contribution in [1.82, 2.24) is 10.2 Å². The highest BCUT2D eigenvalue weighted by Crippen LogP contribution is 2.43. The molecule has 0 radical (unpaired) electrons. The van der Waals surface area contributed by atoms with Gasteiger partial charge >= 0.3 is 0 Å². The van der Waals surface area contributed by atoms with Crippen LogP contribution >= 0.6 is 12.2 Å². The monoisotopic (exact) mass is 397 g/mol. The van der Waals surface area contributed by atoms with Gasteiger partial charge in [0.2, 0.25) is 0 Å². The molecule has 1 aromatic rings. The first-order chi connectivity index (χ1) is 13.2. The zero-order valence-electron chi connectivity index (χ0n) is 16.9. The molecule has 148 valence electrons. The minimum atomic E-state index is -0.461. The molecule has 2 amide bonds. The van der Waals surface area contributed by atoms with Gasteiger partial charge < -0.3 is 4.90 Å². The number of nitrogens with zero attached hydrogens (tertiary/aromatic N) is 2. The van der Waals surface area contributed by atoms with Crippen molar-refractivity contribution < 1.29 is 9.59 Å². The molecule has 2 aliphatic rings. The van der Waals surface area contributed by atoms with Crippen molar-refractivity contribution in [3.05, 3.63) is 47.6 Å². The average molecular weight is 398 g/mol. The normalized spacial score (nSPS) is 22.9. The summed E-state index contributed by atoms with van der Waals surface area (Å²) in [6, 6.07) is 6.16. The molecule has 2 heterocycles. The predicted octanol–water partition coefficient (Wildman–Crippen LogP) is 3.61. The van der Waals surface area contributed by atoms with Gasteiger partial charge in [-0.1, -0.05) is 19.1 Å². The highest BCUT2D eigenvalue weighted by molar-refractivity contribution is 7.80. The molecule has 28 heavy (non-hydrogen) atoms. The van der Waals surface area contributed by atoms with Crippen LogP contribution in [0.1, 0.15) is 51.2 Å². The number of benzene rings is 1. The van der Waals surface area contributed by atoms with Gasteiger partial charge in [-0.15, -0.1) is 6.58 Å². The smallest absolute Gasteiger partial charge is 0.265 e. The second-order valence-electron chi connectivity index (χ2n) is 8.00. The number of thiocarbonyl (C=S) groups is 1. The van der Waals surface area contributed by atoms with Crippen molar-refractivity contribution in [2.75, 3.05) is 18.0 Å². The van der Waals surface area contributed by atoms with Gasteiger partial charge in [-0.05, 0) is 74.7 Å². The van der Waals surface area contributed by atoms with Crippen LogP contribution in [-0.4, -0.2) is 40.5 Å². The molecule has 1 atom stereocenters. The first-order valence-electron chi connectivity index (χ1n) is 9.61. The van der Waals surface area contributed by atoms with E-state index in [1.165, 1.54) is 16.2 Å². The number of hydrogen-bond acceptors (Lipinski definition) is 4. The quantitative estimate of drug-likeness (QED) is 0.365. The van der Waals surface area contributed by atoms with Crippen molar-refractivity contribution in [3.63, 3.8) is 0 Å². The third-order valence-corrected chi connectivity index (χ3v) is 5.86. The molecule has 0 spiro atoms. The summed E-state index contributed by atoms with van der Waals surface area (Å²) in [7, 11) is 0. The number of nitrogens with one attached hydrogen (secondary N) is 1. The summed E-state index contributed by atoms with van der Waals surface area (Å²) in [5.41, 5.74) is 3.50. The summed E-state index contributed by atoms with van der Waals surface area (Å²) in [6.07, 6.45) is 4.29. The molecule has 1 aromatic carbocycles. The molecule has 0 aliphatic carbocycles. The number of carbonyl (C=O) groups excluding carboxylic acids is 2. The lowest BCUT2D eigenvalue weighted by Crippen LogP contribution is -2.53. The van der Waals surface area contributed by atoms with Crippen LogP contribution in [0.15, 0.2) is 36.4 Å². The Hall–Kier alpha value is -2.47. The van der Waals surface area contributed by atoms with Crippen LogP contribution in [0.4, 0.5) is 5.69 Å². The van der Waals surface area contributed by atoms with Gasteiger partial charge in [0, 0.05) is 24.3 Å². The molecule has 2 aliphatic heterocycles. The first kappa shape index (κ1) is 20.3. The van der Waals surface area contributed by atoms with Crippen LogP contribution in [0, 0.1) is 0 Å². The van der Waals surface area contributed by atoms with E-state index in [1.807, 2.05) is 6.07 Å². The van der Waals surface area contributed by atoms with Crippen LogP contribution in [0.2, 0.25) is 0 Å². The standard InChI is InChI=1S/C22H27N3O2S/c1-6-10-24-20(27)17(19(26)23-21(24)28)12-15-8-9-18-16(11-15)14(3)13-22(4,5)25(18)7-2/h6,8-9,11-12,14H,1,7,10,13H2,2-5H3,(H,23,26,28)/b17-12-. The summed E-state index contributed by atoms with van der Waals surface area (Å²) < 4.78 is 0. The number of carbonyl (C=O) groups is 2. The summed E-state index contributed by atoms with van der Waals surface area (Å²) >= 11 is 5.10. The molecule has 1 unspecified atom stereocenters. The molecule has 0 bridgehead atoms. The van der Waals surface area contributed by atoms with Crippen molar-refractivity contribution in [2.24, 2.45) is 0 Å². The van der Waals surface area contributed by atoms with E-state index in [2.05, 4.69) is 56.6 Å². The van der Waals surface area contributed by atoms with Gasteiger partial charge in [-0.3, -0.25) is 19.8 Å². The molecule has 1 fully saturated rings. The third-order valence-electron chi connectivity index (χ3n) is 5.53. The van der Waals surface area contributed by atoms with E-state index >= 15 is 0 Å². The Morgan fingerprint density at radius 2 is 2.07 bits per heavy atom. The van der Waals surface area contributed by atoms with E-state index in [-0.39, 0.29) is 22.8 Å². The summed E-state index contributed by atoms with van der Waals surface area (Å²) in [5, 5.41) is 2.70. The SMILES string of the molecule is C=CCN1C(=O)/C(=C\c2ccc3c(c2)C(C)CC(C)(C)N3CC)C(=O)NC1=S. The number of amides is 2. The fourth-order valence-electron chi connectivity index (χ4n) is 4.35. The molecule has 6 heteroatoms. The summed E-state index contributed by atoms with van der Waals surface area (Å²) in [4.78, 5) is 28.9. The van der Waals surface area contributed by atoms with Crippen LogP contribution in [0.5, 0.6) is 0 Å². The minimum absolute atomic E-state index is 0.0894. The Bertz CT molecular complexity index is 888. The van der Waals surface area contributed by atoms with Crippen LogP contribution in [0.3, 0.4) is 0 Å². The Morgan fingerprint density at radius 1 is 1.36 bits per heavy atom. The van der Waals surface area contributed by atoms with Crippen LogP contribution in [0.25, 0.3) is 6.08 Å². The third kappa shape index (κ3) is 3.49. The van der Waals surface area contributed by atoms with Gasteiger partial charge in [0.25, 0.3) is 11.8 Å². The van der Waals surface area contributed by atoms with Crippen molar-refractivity contribution in [1.29, 1.82) is 0 Å². The number of rotatable bonds is 4. The van der Waals surface area contributed by atoms with Gasteiger partial charge in [-0.2, -0.15) is 0 Å². The van der Waals surface area contributed by atoms with E-state index < -0.39 is 11.8 Å². The number of fused-ring (bicyclic) bond motifs is 1. The fourth-order valence-corrected chi connectivity index (χ4v) is 4.60. The molecular weight excluding hydrogens is 370 g/mol. The lowest BCUT2D eigenvalue weighted by atomic mass is 9.79. The van der Waals surface area contributed by atoms with Gasteiger partial charge in [0.15, 0.2) is 5.11 Å². The van der Waals surface area contributed by atoms with Crippen molar-refractivity contribution in [3.8, 4) is 0 Å². The zero-order valence-corrected chi connectivity index (χ0v) is 17.7. The lowest BCUT2D eigenvalue weighted by molar-refractivity contribution is -0.128. The largest absolute Gasteiger partial charge is 0.366 e. The van der Waals surface area contributed by atoms with Gasteiger partial charge in [0.1, 0.15) is 5.57 Å². The second-order valence-corrected chi connectivity index (χ2v) is 8.39. The zero-order chi connectivity index (χ0) is 20.6. The van der Waals surface area contributed by atoms with Gasteiger partial charge in [0.05, 0.1) is 0 Å². The Kier molecular flexibility index (Phi) is 5.44. The Morgan fingerprint density at radius 3 is 2.71 bits per heavy atom. The Labute approximate surface area is 172 Å². The van der Waals surface area contributed by atoms with Crippen molar-refractivity contribution >= 4 is 40.9 Å². The lowest BCUT2D eigenvalue weighted by Gasteiger charge is -2.47. The molecule has 1 N–H and O–H groups in total. The number of hydrogen-bond donors (Lipinski definition) is 1. The maximum absolute atomic E-state index is 12.7. The molecule has 3 rings (SSSR count). The highest BCUT2D eigenvalue weighted by Gasteiger charge is 2.36. The molecule has 1 saturated heterocycles. The van der Waals surface area contributed by atoms with E-state index in [4.69, 9.17) is 12.2 Å². The second kappa shape index (κ2) is 7.51. The summed E-state index contributed by atoms with van der Waals surface area (Å²) in [6.45, 7) is 13.8. The Balaban J connectivity index is 2.00. The maximum Gasteiger partial charge on any atom is 0.265 e. The minimum Gasteiger partial charge on any atom is -0.366 e. The molecular formula is C22H27N3O2S.